The van der Waals surface area contributed by atoms with Gasteiger partial charge < -0.3 is 9.84 Å². The Labute approximate surface area is 140 Å². The third-order valence-corrected chi connectivity index (χ3v) is 3.77. The highest BCUT2D eigenvalue weighted by Gasteiger charge is 2.14. The summed E-state index contributed by atoms with van der Waals surface area (Å²) in [4.78, 5) is 16.4. The van der Waals surface area contributed by atoms with Crippen LogP contribution in [0.5, 0.6) is 5.75 Å². The van der Waals surface area contributed by atoms with Crippen molar-refractivity contribution in [2.45, 2.75) is 26.9 Å². The first-order chi connectivity index (χ1) is 11.5. The van der Waals surface area contributed by atoms with E-state index >= 15 is 0 Å². The maximum absolute atomic E-state index is 11.7. The van der Waals surface area contributed by atoms with Crippen LogP contribution in [-0.2, 0) is 0 Å². The van der Waals surface area contributed by atoms with Crippen LogP contribution in [0.2, 0.25) is 0 Å². The van der Waals surface area contributed by atoms with E-state index in [1.54, 1.807) is 12.1 Å². The topological polar surface area (TPSA) is 59.4 Å². The Hall–Kier alpha value is -2.88. The van der Waals surface area contributed by atoms with Crippen molar-refractivity contribution in [1.82, 2.24) is 4.98 Å². The Morgan fingerprint density at radius 3 is 2.58 bits per heavy atom. The van der Waals surface area contributed by atoms with Gasteiger partial charge in [0, 0.05) is 10.9 Å². The molecule has 4 nitrogen and oxygen atoms in total. The largest absolute Gasteiger partial charge is 0.491 e. The third-order valence-electron chi connectivity index (χ3n) is 3.77. The number of aromatic nitrogens is 1. The third kappa shape index (κ3) is 3.08. The number of nitrogens with zero attached hydrogens (tertiary/aromatic N) is 1. The van der Waals surface area contributed by atoms with Crippen LogP contribution in [-0.4, -0.2) is 22.2 Å². The number of carboxylic acids is 1. The molecule has 0 aliphatic heterocycles. The van der Waals surface area contributed by atoms with E-state index in [2.05, 4.69) is 4.98 Å². The molecule has 0 spiro atoms. The molecule has 3 rings (SSSR count). The Morgan fingerprint density at radius 2 is 1.88 bits per heavy atom. The molecule has 0 atom stereocenters. The van der Waals surface area contributed by atoms with Crippen LogP contribution in [0.3, 0.4) is 0 Å². The standard InChI is InChI=1S/C20H19NO3/c1-12(2)24-15-8-5-7-14(10-15)18-11-17(20(22)23)16-9-4-6-13(3)19(16)21-18/h4-12H,1-3H3,(H,22,23). The van der Waals surface area contributed by atoms with Gasteiger partial charge >= 0.3 is 5.97 Å². The zero-order valence-electron chi connectivity index (χ0n) is 13.9. The molecule has 0 amide bonds. The zero-order valence-corrected chi connectivity index (χ0v) is 13.9. The first-order valence-corrected chi connectivity index (χ1v) is 7.86. The van der Waals surface area contributed by atoms with Gasteiger partial charge in [-0.3, -0.25) is 0 Å². The molecule has 0 radical (unpaired) electrons. The number of para-hydroxylation sites is 1. The molecule has 1 heterocycles. The maximum atomic E-state index is 11.7. The SMILES string of the molecule is Cc1cccc2c(C(=O)O)cc(-c3cccc(OC(C)C)c3)nc12. The molecule has 24 heavy (non-hydrogen) atoms. The number of benzene rings is 2. The average molecular weight is 321 g/mol. The van der Waals surface area contributed by atoms with Crippen molar-refractivity contribution in [3.8, 4) is 17.0 Å². The van der Waals surface area contributed by atoms with Gasteiger partial charge in [-0.05, 0) is 44.5 Å². The van der Waals surface area contributed by atoms with Crippen LogP contribution in [0.1, 0.15) is 29.8 Å². The molecule has 4 heteroatoms. The Kier molecular flexibility index (Phi) is 4.21. The van der Waals surface area contributed by atoms with E-state index < -0.39 is 5.97 Å². The minimum absolute atomic E-state index is 0.0710. The average Bonchev–Trinajstić information content (AvgIpc) is 2.54. The Bertz CT molecular complexity index is 916. The molecule has 1 N–H and O–H groups in total. The summed E-state index contributed by atoms with van der Waals surface area (Å²) in [5, 5.41) is 10.2. The molecule has 0 unspecified atom stereocenters. The van der Waals surface area contributed by atoms with E-state index in [-0.39, 0.29) is 11.7 Å². The molecular weight excluding hydrogens is 302 g/mol. The van der Waals surface area contributed by atoms with E-state index in [4.69, 9.17) is 4.74 Å². The fourth-order valence-electron chi connectivity index (χ4n) is 2.72. The molecular formula is C20H19NO3. The van der Waals surface area contributed by atoms with Crippen molar-refractivity contribution in [3.05, 3.63) is 59.7 Å². The number of pyridine rings is 1. The number of aromatic carboxylic acids is 1. The predicted molar refractivity (Wildman–Crippen MR) is 94.6 cm³/mol. The first kappa shape index (κ1) is 16.0. The number of fused-ring (bicyclic) bond motifs is 1. The van der Waals surface area contributed by atoms with Crippen molar-refractivity contribution in [1.29, 1.82) is 0 Å². The summed E-state index contributed by atoms with van der Waals surface area (Å²) in [5.74, 6) is -0.213. The molecule has 0 fully saturated rings. The zero-order chi connectivity index (χ0) is 17.3. The normalized spacial score (nSPS) is 11.0. The summed E-state index contributed by atoms with van der Waals surface area (Å²) in [6.45, 7) is 5.86. The second-order valence-corrected chi connectivity index (χ2v) is 6.03. The summed E-state index contributed by atoms with van der Waals surface area (Å²) in [6, 6.07) is 14.8. The van der Waals surface area contributed by atoms with E-state index in [1.165, 1.54) is 0 Å². The quantitative estimate of drug-likeness (QED) is 0.757. The predicted octanol–water partition coefficient (Wildman–Crippen LogP) is 4.70. The molecule has 122 valence electrons. The lowest BCUT2D eigenvalue weighted by atomic mass is 10.0. The minimum atomic E-state index is -0.955. The van der Waals surface area contributed by atoms with E-state index in [9.17, 15) is 9.90 Å². The molecule has 1 aromatic heterocycles. The molecule has 0 aliphatic rings. The number of aryl methyl sites for hydroxylation is 1. The molecule has 0 bridgehead atoms. The van der Waals surface area contributed by atoms with Crippen LogP contribution in [0.25, 0.3) is 22.2 Å². The maximum Gasteiger partial charge on any atom is 0.336 e. The van der Waals surface area contributed by atoms with Crippen LogP contribution in [0.4, 0.5) is 0 Å². The Morgan fingerprint density at radius 1 is 1.12 bits per heavy atom. The second-order valence-electron chi connectivity index (χ2n) is 6.03. The Balaban J connectivity index is 2.20. The van der Waals surface area contributed by atoms with Gasteiger partial charge in [0.25, 0.3) is 0 Å². The molecule has 0 aliphatic carbocycles. The molecule has 0 saturated heterocycles. The van der Waals surface area contributed by atoms with Crippen molar-refractivity contribution < 1.29 is 14.6 Å². The number of carboxylic acid groups (broad SMARTS) is 1. The van der Waals surface area contributed by atoms with E-state index in [0.29, 0.717) is 16.6 Å². The lowest BCUT2D eigenvalue weighted by molar-refractivity contribution is 0.0699. The number of carbonyl (C=O) groups is 1. The van der Waals surface area contributed by atoms with Gasteiger partial charge in [0.2, 0.25) is 0 Å². The highest BCUT2D eigenvalue weighted by Crippen LogP contribution is 2.28. The second kappa shape index (κ2) is 6.32. The fourth-order valence-corrected chi connectivity index (χ4v) is 2.72. The molecule has 2 aromatic carbocycles. The number of ether oxygens (including phenoxy) is 1. The number of hydrogen-bond donors (Lipinski definition) is 1. The number of hydrogen-bond acceptors (Lipinski definition) is 3. The summed E-state index contributed by atoms with van der Waals surface area (Å²) >= 11 is 0. The van der Waals surface area contributed by atoms with Gasteiger partial charge in [-0.1, -0.05) is 30.3 Å². The first-order valence-electron chi connectivity index (χ1n) is 7.86. The number of rotatable bonds is 4. The van der Waals surface area contributed by atoms with Crippen molar-refractivity contribution in [2.75, 3.05) is 0 Å². The lowest BCUT2D eigenvalue weighted by Gasteiger charge is -2.12. The fraction of sp³-hybridized carbons (Fsp3) is 0.200. The smallest absolute Gasteiger partial charge is 0.336 e. The van der Waals surface area contributed by atoms with Crippen LogP contribution < -0.4 is 4.74 Å². The summed E-state index contributed by atoms with van der Waals surface area (Å²) in [7, 11) is 0. The monoisotopic (exact) mass is 321 g/mol. The highest BCUT2D eigenvalue weighted by atomic mass is 16.5. The van der Waals surface area contributed by atoms with Gasteiger partial charge in [0.05, 0.1) is 22.9 Å². The summed E-state index contributed by atoms with van der Waals surface area (Å²) in [5.41, 5.74) is 3.38. The van der Waals surface area contributed by atoms with E-state index in [1.807, 2.05) is 57.2 Å². The van der Waals surface area contributed by atoms with E-state index in [0.717, 1.165) is 16.9 Å². The van der Waals surface area contributed by atoms with Crippen LogP contribution >= 0.6 is 0 Å². The van der Waals surface area contributed by atoms with Gasteiger partial charge in [-0.25, -0.2) is 9.78 Å². The van der Waals surface area contributed by atoms with Gasteiger partial charge in [0.15, 0.2) is 0 Å². The summed E-state index contributed by atoms with van der Waals surface area (Å²) in [6.07, 6.45) is 0.0710. The molecule has 3 aromatic rings. The van der Waals surface area contributed by atoms with Crippen molar-refractivity contribution in [2.24, 2.45) is 0 Å². The van der Waals surface area contributed by atoms with Crippen LogP contribution in [0, 0.1) is 6.92 Å². The minimum Gasteiger partial charge on any atom is -0.491 e. The molecule has 0 saturated carbocycles. The highest BCUT2D eigenvalue weighted by molar-refractivity contribution is 6.04. The van der Waals surface area contributed by atoms with Crippen molar-refractivity contribution >= 4 is 16.9 Å². The van der Waals surface area contributed by atoms with Gasteiger partial charge in [-0.2, -0.15) is 0 Å². The summed E-state index contributed by atoms with van der Waals surface area (Å²) < 4.78 is 5.72. The van der Waals surface area contributed by atoms with Crippen LogP contribution in [0.15, 0.2) is 48.5 Å². The lowest BCUT2D eigenvalue weighted by Crippen LogP contribution is -2.05. The van der Waals surface area contributed by atoms with Crippen molar-refractivity contribution in [3.63, 3.8) is 0 Å². The van der Waals surface area contributed by atoms with Gasteiger partial charge in [-0.15, -0.1) is 0 Å². The van der Waals surface area contributed by atoms with Gasteiger partial charge in [0.1, 0.15) is 5.75 Å².